The average molecular weight is 151 g/mol. The summed E-state index contributed by atoms with van der Waals surface area (Å²) in [6.45, 7) is 2.27. The summed E-state index contributed by atoms with van der Waals surface area (Å²) in [6, 6.07) is 0. The van der Waals surface area contributed by atoms with E-state index in [9.17, 15) is 8.42 Å². The Morgan fingerprint density at radius 3 is 2.44 bits per heavy atom. The van der Waals surface area contributed by atoms with E-state index in [4.69, 9.17) is 0 Å². The summed E-state index contributed by atoms with van der Waals surface area (Å²) in [7, 11) is -3.57. The third-order valence-electron chi connectivity index (χ3n) is 0.783. The maximum absolute atomic E-state index is 10.1. The van der Waals surface area contributed by atoms with Crippen molar-refractivity contribution >= 4 is 10.2 Å². The summed E-state index contributed by atoms with van der Waals surface area (Å²) in [4.78, 5) is 0. The number of hydrogen-bond acceptors (Lipinski definition) is 2. The number of nitrogens with zero attached hydrogens (tertiary/aromatic N) is 1. The van der Waals surface area contributed by atoms with E-state index in [1.54, 1.807) is 0 Å². The Bertz CT molecular complexity index is 152. The van der Waals surface area contributed by atoms with Crippen molar-refractivity contribution in [2.75, 3.05) is 6.54 Å². The van der Waals surface area contributed by atoms with Crippen LogP contribution in [0.5, 0.6) is 0 Å². The second-order valence-corrected chi connectivity index (χ2v) is 3.01. The van der Waals surface area contributed by atoms with Gasteiger partial charge in [-0.05, 0) is 6.42 Å². The molecule has 9 heavy (non-hydrogen) atoms. The predicted molar refractivity (Wildman–Crippen MR) is 35.0 cm³/mol. The Labute approximate surface area is 55.6 Å². The van der Waals surface area contributed by atoms with E-state index in [-0.39, 0.29) is 0 Å². The first-order chi connectivity index (χ1) is 4.06. The van der Waals surface area contributed by atoms with Crippen molar-refractivity contribution in [2.24, 2.45) is 5.14 Å². The first-order valence-corrected chi connectivity index (χ1v) is 4.28. The fourth-order valence-corrected chi connectivity index (χ4v) is 0.733. The molecular weight excluding hydrogens is 140 g/mol. The van der Waals surface area contributed by atoms with Gasteiger partial charge in [0.05, 0.1) is 0 Å². The van der Waals surface area contributed by atoms with Crippen LogP contribution in [-0.4, -0.2) is 15.0 Å². The van der Waals surface area contributed by atoms with Gasteiger partial charge in [-0.1, -0.05) is 13.3 Å². The van der Waals surface area contributed by atoms with E-state index in [1.807, 2.05) is 6.92 Å². The molecule has 0 aromatic rings. The minimum absolute atomic E-state index is 0.315. The van der Waals surface area contributed by atoms with Crippen molar-refractivity contribution in [1.29, 1.82) is 0 Å². The number of rotatable bonds is 4. The molecule has 2 N–H and O–H groups in total. The highest BCUT2D eigenvalue weighted by Crippen LogP contribution is 1.84. The third kappa shape index (κ3) is 7.87. The molecule has 0 bridgehead atoms. The Hall–Kier alpha value is -0.130. The quantitative estimate of drug-likeness (QED) is 0.555. The van der Waals surface area contributed by atoms with Crippen molar-refractivity contribution in [2.45, 2.75) is 19.8 Å². The molecule has 0 amide bonds. The standard InChI is InChI=1S/C4H11N2O2S/c1-2-3-4-6-9(5,7)8/h2-4H2,1H3,(H2,5,7,8). The molecule has 0 saturated heterocycles. The molecule has 0 aromatic heterocycles. The second kappa shape index (κ2) is 3.81. The molecular formula is C4H11N2O2S. The van der Waals surface area contributed by atoms with Crippen LogP contribution in [0.15, 0.2) is 0 Å². The van der Waals surface area contributed by atoms with Gasteiger partial charge in [-0.15, -0.1) is 4.72 Å². The summed E-state index contributed by atoms with van der Waals surface area (Å²) in [5.41, 5.74) is 0. The lowest BCUT2D eigenvalue weighted by Crippen LogP contribution is -2.24. The van der Waals surface area contributed by atoms with Crippen LogP contribution in [0.25, 0.3) is 0 Å². The van der Waals surface area contributed by atoms with E-state index in [0.29, 0.717) is 6.54 Å². The van der Waals surface area contributed by atoms with E-state index in [0.717, 1.165) is 12.8 Å². The zero-order valence-electron chi connectivity index (χ0n) is 5.37. The van der Waals surface area contributed by atoms with E-state index in [1.165, 1.54) is 0 Å². The molecule has 0 atom stereocenters. The average Bonchev–Trinajstić information content (AvgIpc) is 1.63. The highest BCUT2D eigenvalue weighted by Gasteiger charge is 1.99. The minimum atomic E-state index is -3.57. The third-order valence-corrected chi connectivity index (χ3v) is 1.33. The van der Waals surface area contributed by atoms with Crippen LogP contribution in [0.1, 0.15) is 19.8 Å². The summed E-state index contributed by atoms with van der Waals surface area (Å²) in [6.07, 6.45) is 1.70. The highest BCUT2D eigenvalue weighted by atomic mass is 32.2. The summed E-state index contributed by atoms with van der Waals surface area (Å²) in [5, 5.41) is 4.58. The molecule has 55 valence electrons. The molecule has 0 aliphatic carbocycles. The molecule has 0 rings (SSSR count). The van der Waals surface area contributed by atoms with Gasteiger partial charge in [-0.25, -0.2) is 5.14 Å². The van der Waals surface area contributed by atoms with Crippen LogP contribution in [0.2, 0.25) is 0 Å². The molecule has 0 unspecified atom stereocenters. The lowest BCUT2D eigenvalue weighted by Gasteiger charge is -1.94. The number of nitrogens with two attached hydrogens (primary N) is 1. The molecule has 4 nitrogen and oxygen atoms in total. The van der Waals surface area contributed by atoms with E-state index >= 15 is 0 Å². The maximum Gasteiger partial charge on any atom is 0.290 e. The number of unbranched alkanes of at least 4 members (excludes halogenated alkanes) is 1. The molecule has 5 heteroatoms. The summed E-state index contributed by atoms with van der Waals surface area (Å²) < 4.78 is 23.4. The zero-order valence-corrected chi connectivity index (χ0v) is 6.19. The first-order valence-electron chi connectivity index (χ1n) is 2.77. The molecule has 0 aliphatic heterocycles. The smallest absolute Gasteiger partial charge is 0.214 e. The van der Waals surface area contributed by atoms with Crippen LogP contribution in [0.4, 0.5) is 0 Å². The molecule has 0 aliphatic rings. The van der Waals surface area contributed by atoms with Crippen molar-refractivity contribution in [3.8, 4) is 0 Å². The molecule has 0 saturated carbocycles. The van der Waals surface area contributed by atoms with Crippen LogP contribution in [-0.2, 0) is 10.2 Å². The van der Waals surface area contributed by atoms with Gasteiger partial charge in [0.1, 0.15) is 0 Å². The van der Waals surface area contributed by atoms with E-state index < -0.39 is 10.2 Å². The Balaban J connectivity index is 3.30. The highest BCUT2D eigenvalue weighted by molar-refractivity contribution is 7.87. The lowest BCUT2D eigenvalue weighted by molar-refractivity contribution is 0.578. The minimum Gasteiger partial charge on any atom is -0.214 e. The fraction of sp³-hybridized carbons (Fsp3) is 1.00. The normalized spacial score (nSPS) is 11.8. The zero-order chi connectivity index (χ0) is 7.33. The van der Waals surface area contributed by atoms with Crippen molar-refractivity contribution in [1.82, 2.24) is 4.72 Å². The van der Waals surface area contributed by atoms with Gasteiger partial charge >= 0.3 is 0 Å². The van der Waals surface area contributed by atoms with Gasteiger partial charge in [-0.2, -0.15) is 8.42 Å². The Morgan fingerprint density at radius 2 is 2.11 bits per heavy atom. The van der Waals surface area contributed by atoms with Gasteiger partial charge in [0.25, 0.3) is 10.2 Å². The maximum atomic E-state index is 10.1. The molecule has 0 aromatic carbocycles. The molecule has 0 heterocycles. The largest absolute Gasteiger partial charge is 0.290 e. The van der Waals surface area contributed by atoms with Crippen molar-refractivity contribution in [3.63, 3.8) is 0 Å². The number of hydrogen-bond donors (Lipinski definition) is 1. The Morgan fingerprint density at radius 1 is 1.56 bits per heavy atom. The lowest BCUT2D eigenvalue weighted by atomic mass is 10.3. The van der Waals surface area contributed by atoms with Gasteiger partial charge in [0.2, 0.25) is 0 Å². The topological polar surface area (TPSA) is 74.3 Å². The van der Waals surface area contributed by atoms with Crippen LogP contribution in [0, 0.1) is 0 Å². The fourth-order valence-electron chi connectivity index (χ4n) is 0.350. The second-order valence-electron chi connectivity index (χ2n) is 1.72. The predicted octanol–water partition coefficient (Wildman–Crippen LogP) is -0.406. The van der Waals surface area contributed by atoms with Crippen LogP contribution < -0.4 is 9.86 Å². The Kier molecular flexibility index (Phi) is 3.76. The van der Waals surface area contributed by atoms with Crippen LogP contribution in [0.3, 0.4) is 0 Å². The van der Waals surface area contributed by atoms with Gasteiger partial charge in [-0.3, -0.25) is 0 Å². The van der Waals surface area contributed by atoms with Crippen molar-refractivity contribution in [3.05, 3.63) is 0 Å². The molecule has 0 spiro atoms. The van der Waals surface area contributed by atoms with Gasteiger partial charge < -0.3 is 0 Å². The summed E-state index contributed by atoms with van der Waals surface area (Å²) in [5.74, 6) is 0. The van der Waals surface area contributed by atoms with Crippen molar-refractivity contribution < 1.29 is 8.42 Å². The van der Waals surface area contributed by atoms with Crippen LogP contribution >= 0.6 is 0 Å². The van der Waals surface area contributed by atoms with E-state index in [2.05, 4.69) is 9.86 Å². The summed E-state index contributed by atoms with van der Waals surface area (Å²) >= 11 is 0. The van der Waals surface area contributed by atoms with Gasteiger partial charge in [0, 0.05) is 6.54 Å². The first kappa shape index (κ1) is 8.87. The SMILES string of the molecule is CCCC[N]S(N)(=O)=O. The monoisotopic (exact) mass is 151 g/mol. The van der Waals surface area contributed by atoms with Gasteiger partial charge in [0.15, 0.2) is 0 Å². The molecule has 1 radical (unpaired) electrons. The molecule has 0 fully saturated rings.